The molecule has 0 amide bonds. The Labute approximate surface area is 127 Å². The molecular weight excluding hydrogens is 288 g/mol. The van der Waals surface area contributed by atoms with Gasteiger partial charge in [-0.25, -0.2) is 8.42 Å². The van der Waals surface area contributed by atoms with E-state index >= 15 is 0 Å². The van der Waals surface area contributed by atoms with Crippen molar-refractivity contribution < 1.29 is 13.2 Å². The van der Waals surface area contributed by atoms with Crippen molar-refractivity contribution in [2.45, 2.75) is 24.8 Å². The van der Waals surface area contributed by atoms with Crippen LogP contribution in [0.25, 0.3) is 0 Å². The van der Waals surface area contributed by atoms with Gasteiger partial charge >= 0.3 is 0 Å². The Kier molecular flexibility index (Phi) is 5.61. The van der Waals surface area contributed by atoms with Gasteiger partial charge in [0.2, 0.25) is 0 Å². The van der Waals surface area contributed by atoms with Crippen LogP contribution >= 0.6 is 0 Å². The van der Waals surface area contributed by atoms with Gasteiger partial charge in [-0.1, -0.05) is 26.0 Å². The van der Waals surface area contributed by atoms with Gasteiger partial charge < -0.3 is 15.0 Å². The number of benzene rings is 1. The molecule has 2 rings (SSSR count). The van der Waals surface area contributed by atoms with Crippen molar-refractivity contribution in [1.29, 1.82) is 0 Å². The summed E-state index contributed by atoms with van der Waals surface area (Å²) >= 11 is 0. The number of morpholine rings is 1. The highest BCUT2D eigenvalue weighted by atomic mass is 32.2. The Bertz CT molecular complexity index is 560. The molecule has 1 aromatic carbocycles. The fraction of sp³-hybridized carbons (Fsp3) is 0.600. The molecule has 21 heavy (non-hydrogen) atoms. The van der Waals surface area contributed by atoms with E-state index in [1.165, 1.54) is 0 Å². The molecule has 0 aromatic heterocycles. The molecule has 0 aliphatic carbocycles. The molecule has 1 atom stereocenters. The van der Waals surface area contributed by atoms with Gasteiger partial charge in [0, 0.05) is 13.1 Å². The van der Waals surface area contributed by atoms with Gasteiger partial charge in [-0.3, -0.25) is 0 Å². The quantitative estimate of drug-likeness (QED) is 0.858. The van der Waals surface area contributed by atoms with E-state index in [1.54, 1.807) is 19.1 Å². The summed E-state index contributed by atoms with van der Waals surface area (Å²) in [6.07, 6.45) is 0. The predicted octanol–water partition coefficient (Wildman–Crippen LogP) is 1.29. The van der Waals surface area contributed by atoms with Crippen molar-refractivity contribution >= 4 is 15.5 Å². The van der Waals surface area contributed by atoms with Gasteiger partial charge in [0.25, 0.3) is 0 Å². The molecule has 1 aliphatic heterocycles. The molecule has 1 heterocycles. The zero-order valence-electron chi connectivity index (χ0n) is 12.7. The lowest BCUT2D eigenvalue weighted by Crippen LogP contribution is -2.51. The number of rotatable bonds is 6. The van der Waals surface area contributed by atoms with Crippen LogP contribution < -0.4 is 10.2 Å². The van der Waals surface area contributed by atoms with Gasteiger partial charge in [-0.15, -0.1) is 0 Å². The van der Waals surface area contributed by atoms with Crippen LogP contribution in [0.4, 0.5) is 5.69 Å². The second-order valence-electron chi connectivity index (χ2n) is 5.10. The number of hydrogen-bond donors (Lipinski definition) is 1. The van der Waals surface area contributed by atoms with Crippen LogP contribution in [0.5, 0.6) is 0 Å². The van der Waals surface area contributed by atoms with Crippen molar-refractivity contribution in [3.05, 3.63) is 24.3 Å². The Morgan fingerprint density at radius 2 is 2.10 bits per heavy atom. The first-order valence-corrected chi connectivity index (χ1v) is 9.12. The maximum absolute atomic E-state index is 12.3. The normalized spacial score (nSPS) is 19.7. The molecule has 1 saturated heterocycles. The maximum Gasteiger partial charge on any atom is 0.180 e. The number of likely N-dealkylation sites (N-methyl/N-ethyl adjacent to an activating group) is 1. The summed E-state index contributed by atoms with van der Waals surface area (Å²) in [5.41, 5.74) is 0.797. The summed E-state index contributed by atoms with van der Waals surface area (Å²) in [6.45, 7) is 7.38. The predicted molar refractivity (Wildman–Crippen MR) is 84.7 cm³/mol. The summed E-state index contributed by atoms with van der Waals surface area (Å²) < 4.78 is 30.2. The van der Waals surface area contributed by atoms with Crippen LogP contribution in [0.1, 0.15) is 13.8 Å². The second-order valence-corrected chi connectivity index (χ2v) is 7.35. The molecule has 5 nitrogen and oxygen atoms in total. The van der Waals surface area contributed by atoms with Gasteiger partial charge in [0.15, 0.2) is 9.84 Å². The van der Waals surface area contributed by atoms with Gasteiger partial charge in [-0.2, -0.15) is 0 Å². The third-order valence-corrected chi connectivity index (χ3v) is 5.52. The number of ether oxygens (including phenoxy) is 1. The Morgan fingerprint density at radius 1 is 1.33 bits per heavy atom. The number of sulfone groups is 1. The smallest absolute Gasteiger partial charge is 0.180 e. The van der Waals surface area contributed by atoms with Gasteiger partial charge in [-0.05, 0) is 18.7 Å². The van der Waals surface area contributed by atoms with Crippen LogP contribution in [0.15, 0.2) is 29.2 Å². The minimum absolute atomic E-state index is 0.117. The molecular formula is C15H24N2O3S. The number of nitrogens with one attached hydrogen (secondary N) is 1. The van der Waals surface area contributed by atoms with Crippen molar-refractivity contribution in [3.8, 4) is 0 Å². The van der Waals surface area contributed by atoms with Gasteiger partial charge in [0.1, 0.15) is 0 Å². The van der Waals surface area contributed by atoms with E-state index in [1.807, 2.05) is 12.1 Å². The summed E-state index contributed by atoms with van der Waals surface area (Å²) in [4.78, 5) is 2.59. The lowest BCUT2D eigenvalue weighted by molar-refractivity contribution is 0.0936. The van der Waals surface area contributed by atoms with Crippen LogP contribution in [0, 0.1) is 0 Å². The summed E-state index contributed by atoms with van der Waals surface area (Å²) in [7, 11) is -3.22. The van der Waals surface area contributed by atoms with Crippen LogP contribution in [0.2, 0.25) is 0 Å². The first-order chi connectivity index (χ1) is 10.1. The first kappa shape index (κ1) is 16.3. The summed E-state index contributed by atoms with van der Waals surface area (Å²) in [5.74, 6) is 0.117. The van der Waals surface area contributed by atoms with Crippen molar-refractivity contribution in [2.75, 3.05) is 43.5 Å². The van der Waals surface area contributed by atoms with E-state index in [4.69, 9.17) is 4.74 Å². The third kappa shape index (κ3) is 3.75. The maximum atomic E-state index is 12.3. The molecule has 0 bridgehead atoms. The van der Waals surface area contributed by atoms with Gasteiger partial charge in [0.05, 0.1) is 35.6 Å². The van der Waals surface area contributed by atoms with Crippen molar-refractivity contribution in [1.82, 2.24) is 5.32 Å². The fourth-order valence-corrected chi connectivity index (χ4v) is 3.67. The van der Waals surface area contributed by atoms with Crippen LogP contribution in [-0.4, -0.2) is 53.1 Å². The van der Waals surface area contributed by atoms with E-state index in [0.29, 0.717) is 24.7 Å². The van der Waals surface area contributed by atoms with Crippen molar-refractivity contribution in [2.24, 2.45) is 0 Å². The number of nitrogens with zero attached hydrogens (tertiary/aromatic N) is 1. The van der Waals surface area contributed by atoms with E-state index in [9.17, 15) is 8.42 Å². The average molecular weight is 312 g/mol. The zero-order chi connectivity index (χ0) is 15.3. The molecule has 118 valence electrons. The molecule has 0 radical (unpaired) electrons. The van der Waals surface area contributed by atoms with E-state index < -0.39 is 9.84 Å². The SMILES string of the molecule is CCNCC1COCCN1c1ccccc1S(=O)(=O)CC. The van der Waals surface area contributed by atoms with Crippen LogP contribution in [-0.2, 0) is 14.6 Å². The fourth-order valence-electron chi connectivity index (χ4n) is 2.56. The highest BCUT2D eigenvalue weighted by Crippen LogP contribution is 2.28. The molecule has 6 heteroatoms. The number of para-hydroxylation sites is 1. The Balaban J connectivity index is 2.35. The molecule has 0 saturated carbocycles. The molecule has 1 unspecified atom stereocenters. The third-order valence-electron chi connectivity index (χ3n) is 3.75. The van der Waals surface area contributed by atoms with E-state index in [2.05, 4.69) is 17.1 Å². The molecule has 1 fully saturated rings. The molecule has 1 aliphatic rings. The monoisotopic (exact) mass is 312 g/mol. The van der Waals surface area contributed by atoms with Crippen molar-refractivity contribution in [3.63, 3.8) is 0 Å². The second kappa shape index (κ2) is 7.24. The minimum atomic E-state index is -3.22. The summed E-state index contributed by atoms with van der Waals surface area (Å²) in [6, 6.07) is 7.43. The van der Waals surface area contributed by atoms with E-state index in [0.717, 1.165) is 18.8 Å². The van der Waals surface area contributed by atoms with Crippen LogP contribution in [0.3, 0.4) is 0 Å². The van der Waals surface area contributed by atoms with E-state index in [-0.39, 0.29) is 11.8 Å². The largest absolute Gasteiger partial charge is 0.377 e. The number of hydrogen-bond acceptors (Lipinski definition) is 5. The first-order valence-electron chi connectivity index (χ1n) is 7.47. The molecule has 0 spiro atoms. The lowest BCUT2D eigenvalue weighted by atomic mass is 10.2. The highest BCUT2D eigenvalue weighted by Gasteiger charge is 2.27. The standard InChI is InChI=1S/C15H24N2O3S/c1-3-16-11-13-12-20-10-9-17(13)14-7-5-6-8-15(14)21(18,19)4-2/h5-8,13,16H,3-4,9-12H2,1-2H3. The zero-order valence-corrected chi connectivity index (χ0v) is 13.5. The lowest BCUT2D eigenvalue weighted by Gasteiger charge is -2.38. The Morgan fingerprint density at radius 3 is 2.81 bits per heavy atom. The number of anilines is 1. The highest BCUT2D eigenvalue weighted by molar-refractivity contribution is 7.91. The molecule has 1 aromatic rings. The average Bonchev–Trinajstić information content (AvgIpc) is 2.53. The Hall–Kier alpha value is -1.11. The topological polar surface area (TPSA) is 58.6 Å². The minimum Gasteiger partial charge on any atom is -0.377 e. The summed E-state index contributed by atoms with van der Waals surface area (Å²) in [5, 5.41) is 3.32. The molecule has 1 N–H and O–H groups in total.